The predicted molar refractivity (Wildman–Crippen MR) is 68.7 cm³/mol. The summed E-state index contributed by atoms with van der Waals surface area (Å²) in [6.07, 6.45) is 1.80. The van der Waals surface area contributed by atoms with Crippen molar-refractivity contribution in [3.63, 3.8) is 0 Å². The van der Waals surface area contributed by atoms with Crippen LogP contribution in [0, 0.1) is 6.92 Å². The van der Waals surface area contributed by atoms with Crippen molar-refractivity contribution < 1.29 is 4.74 Å². The quantitative estimate of drug-likeness (QED) is 0.878. The lowest BCUT2D eigenvalue weighted by Crippen LogP contribution is -2.00. The maximum atomic E-state index is 6.08. The van der Waals surface area contributed by atoms with Crippen LogP contribution in [0.1, 0.15) is 11.5 Å². The van der Waals surface area contributed by atoms with E-state index in [4.69, 9.17) is 16.3 Å². The van der Waals surface area contributed by atoms with Crippen LogP contribution in [-0.4, -0.2) is 17.1 Å². The fraction of sp³-hybridized carbons (Fsp3) is 0.250. The van der Waals surface area contributed by atoms with Gasteiger partial charge in [0.15, 0.2) is 0 Å². The third kappa shape index (κ3) is 2.91. The van der Waals surface area contributed by atoms with Crippen LogP contribution in [0.2, 0.25) is 5.02 Å². The van der Waals surface area contributed by atoms with Gasteiger partial charge in [0.2, 0.25) is 0 Å². The van der Waals surface area contributed by atoms with Crippen LogP contribution in [0.25, 0.3) is 0 Å². The maximum absolute atomic E-state index is 6.08. The number of nitrogens with zero attached hydrogens (tertiary/aromatic N) is 1. The number of imidazole rings is 1. The standard InChI is InChI=1S/C12H14ClN3O/c1-8-14-6-9(16-8)7-15-12-5-10(17-2)3-4-11(12)13/h3-6,15H,7H2,1-2H3,(H,14,16). The van der Waals surface area contributed by atoms with Gasteiger partial charge in [-0.25, -0.2) is 4.98 Å². The molecule has 5 heteroatoms. The van der Waals surface area contributed by atoms with Crippen LogP contribution in [0.4, 0.5) is 5.69 Å². The van der Waals surface area contributed by atoms with E-state index in [1.54, 1.807) is 19.4 Å². The molecule has 1 heterocycles. The summed E-state index contributed by atoms with van der Waals surface area (Å²) in [5, 5.41) is 3.90. The van der Waals surface area contributed by atoms with E-state index < -0.39 is 0 Å². The Balaban J connectivity index is 2.07. The molecule has 0 spiro atoms. The monoisotopic (exact) mass is 251 g/mol. The average Bonchev–Trinajstić information content (AvgIpc) is 2.74. The molecular formula is C12H14ClN3O. The van der Waals surface area contributed by atoms with Gasteiger partial charge in [-0.1, -0.05) is 11.6 Å². The van der Waals surface area contributed by atoms with Gasteiger partial charge in [0.05, 0.1) is 36.3 Å². The molecule has 17 heavy (non-hydrogen) atoms. The number of aryl methyl sites for hydroxylation is 1. The molecule has 0 aliphatic heterocycles. The van der Waals surface area contributed by atoms with Crippen molar-refractivity contribution in [3.05, 3.63) is 40.9 Å². The highest BCUT2D eigenvalue weighted by Gasteiger charge is 2.03. The number of hydrogen-bond donors (Lipinski definition) is 2. The van der Waals surface area contributed by atoms with Gasteiger partial charge >= 0.3 is 0 Å². The first-order valence-electron chi connectivity index (χ1n) is 5.27. The third-order valence-electron chi connectivity index (χ3n) is 2.40. The van der Waals surface area contributed by atoms with E-state index in [1.807, 2.05) is 19.1 Å². The molecule has 0 aliphatic carbocycles. The summed E-state index contributed by atoms with van der Waals surface area (Å²) in [7, 11) is 1.63. The molecule has 0 bridgehead atoms. The molecule has 0 saturated heterocycles. The lowest BCUT2D eigenvalue weighted by Gasteiger charge is -2.09. The van der Waals surface area contributed by atoms with Crippen molar-refractivity contribution in [2.24, 2.45) is 0 Å². The van der Waals surface area contributed by atoms with Crippen LogP contribution in [0.15, 0.2) is 24.4 Å². The number of methoxy groups -OCH3 is 1. The first-order valence-corrected chi connectivity index (χ1v) is 5.64. The van der Waals surface area contributed by atoms with Gasteiger partial charge in [0.1, 0.15) is 11.6 Å². The Morgan fingerprint density at radius 1 is 1.47 bits per heavy atom. The van der Waals surface area contributed by atoms with Gasteiger partial charge in [-0.2, -0.15) is 0 Å². The minimum absolute atomic E-state index is 0.647. The number of benzene rings is 1. The minimum atomic E-state index is 0.647. The van der Waals surface area contributed by atoms with Gasteiger partial charge in [-0.05, 0) is 19.1 Å². The predicted octanol–water partition coefficient (Wildman–Crippen LogP) is 2.99. The largest absolute Gasteiger partial charge is 0.497 e. The van der Waals surface area contributed by atoms with Gasteiger partial charge in [-0.3, -0.25) is 0 Å². The summed E-state index contributed by atoms with van der Waals surface area (Å²) in [5.74, 6) is 1.68. The Morgan fingerprint density at radius 2 is 2.29 bits per heavy atom. The SMILES string of the molecule is COc1ccc(Cl)c(NCc2cnc(C)[nH]2)c1. The first kappa shape index (κ1) is 11.8. The summed E-state index contributed by atoms with van der Waals surface area (Å²) >= 11 is 6.08. The van der Waals surface area contributed by atoms with E-state index in [0.29, 0.717) is 11.6 Å². The molecule has 2 rings (SSSR count). The van der Waals surface area contributed by atoms with Crippen molar-refractivity contribution in [3.8, 4) is 5.75 Å². The second kappa shape index (κ2) is 5.10. The summed E-state index contributed by atoms with van der Waals surface area (Å²) < 4.78 is 5.15. The Morgan fingerprint density at radius 3 is 2.94 bits per heavy atom. The van der Waals surface area contributed by atoms with E-state index in [1.165, 1.54) is 0 Å². The Bertz CT molecular complexity index is 510. The number of aromatic nitrogens is 2. The van der Waals surface area contributed by atoms with Crippen molar-refractivity contribution in [1.29, 1.82) is 0 Å². The van der Waals surface area contributed by atoms with Crippen LogP contribution < -0.4 is 10.1 Å². The molecule has 0 unspecified atom stereocenters. The number of anilines is 1. The highest BCUT2D eigenvalue weighted by atomic mass is 35.5. The molecule has 4 nitrogen and oxygen atoms in total. The summed E-state index contributed by atoms with van der Waals surface area (Å²) in [5.41, 5.74) is 1.86. The Labute approximate surface area is 105 Å². The average molecular weight is 252 g/mol. The van der Waals surface area contributed by atoms with Crippen molar-refractivity contribution >= 4 is 17.3 Å². The minimum Gasteiger partial charge on any atom is -0.497 e. The second-order valence-corrected chi connectivity index (χ2v) is 4.10. The molecule has 0 radical (unpaired) electrons. The van der Waals surface area contributed by atoms with E-state index in [0.717, 1.165) is 23.0 Å². The van der Waals surface area contributed by atoms with E-state index in [2.05, 4.69) is 15.3 Å². The number of rotatable bonds is 4. The smallest absolute Gasteiger partial charge is 0.121 e. The number of halogens is 1. The molecule has 90 valence electrons. The molecule has 2 aromatic rings. The normalized spacial score (nSPS) is 10.3. The van der Waals surface area contributed by atoms with E-state index in [-0.39, 0.29) is 0 Å². The number of nitrogens with one attached hydrogen (secondary N) is 2. The van der Waals surface area contributed by atoms with Gasteiger partial charge in [0.25, 0.3) is 0 Å². The third-order valence-corrected chi connectivity index (χ3v) is 2.73. The highest BCUT2D eigenvalue weighted by molar-refractivity contribution is 6.33. The number of hydrogen-bond acceptors (Lipinski definition) is 3. The lowest BCUT2D eigenvalue weighted by molar-refractivity contribution is 0.415. The van der Waals surface area contributed by atoms with Gasteiger partial charge in [-0.15, -0.1) is 0 Å². The molecule has 0 saturated carbocycles. The molecule has 0 atom stereocenters. The van der Waals surface area contributed by atoms with Crippen molar-refractivity contribution in [2.45, 2.75) is 13.5 Å². The number of ether oxygens (including phenoxy) is 1. The van der Waals surface area contributed by atoms with E-state index >= 15 is 0 Å². The number of aromatic amines is 1. The van der Waals surface area contributed by atoms with Crippen molar-refractivity contribution in [2.75, 3.05) is 12.4 Å². The zero-order valence-electron chi connectivity index (χ0n) is 9.75. The van der Waals surface area contributed by atoms with Crippen LogP contribution in [-0.2, 0) is 6.54 Å². The van der Waals surface area contributed by atoms with Gasteiger partial charge < -0.3 is 15.0 Å². The Kier molecular flexibility index (Phi) is 3.54. The molecule has 2 N–H and O–H groups in total. The highest BCUT2D eigenvalue weighted by Crippen LogP contribution is 2.26. The lowest BCUT2D eigenvalue weighted by atomic mass is 10.3. The Hall–Kier alpha value is -1.68. The topological polar surface area (TPSA) is 49.9 Å². The zero-order chi connectivity index (χ0) is 12.3. The van der Waals surface area contributed by atoms with E-state index in [9.17, 15) is 0 Å². The summed E-state index contributed by atoms with van der Waals surface area (Å²) in [6.45, 7) is 2.57. The molecular weight excluding hydrogens is 238 g/mol. The summed E-state index contributed by atoms with van der Waals surface area (Å²) in [4.78, 5) is 7.28. The molecule has 1 aromatic carbocycles. The van der Waals surface area contributed by atoms with Gasteiger partial charge in [0, 0.05) is 6.07 Å². The van der Waals surface area contributed by atoms with Crippen LogP contribution in [0.5, 0.6) is 5.75 Å². The molecule has 0 aliphatic rings. The molecule has 1 aromatic heterocycles. The first-order chi connectivity index (χ1) is 8.19. The van der Waals surface area contributed by atoms with Crippen molar-refractivity contribution in [1.82, 2.24) is 9.97 Å². The fourth-order valence-corrected chi connectivity index (χ4v) is 1.70. The zero-order valence-corrected chi connectivity index (χ0v) is 10.5. The molecule has 0 fully saturated rings. The number of H-pyrrole nitrogens is 1. The summed E-state index contributed by atoms with van der Waals surface area (Å²) in [6, 6.07) is 5.50. The van der Waals surface area contributed by atoms with Crippen LogP contribution in [0.3, 0.4) is 0 Å². The maximum Gasteiger partial charge on any atom is 0.121 e. The second-order valence-electron chi connectivity index (χ2n) is 3.69. The van der Waals surface area contributed by atoms with Crippen LogP contribution >= 0.6 is 11.6 Å². The molecule has 0 amide bonds. The fourth-order valence-electron chi connectivity index (χ4n) is 1.52.